The van der Waals surface area contributed by atoms with Crippen molar-refractivity contribution in [2.24, 2.45) is 10.9 Å². The molecule has 0 N–H and O–H groups in total. The molecule has 2 atom stereocenters. The van der Waals surface area contributed by atoms with E-state index in [0.717, 1.165) is 18.4 Å². The van der Waals surface area contributed by atoms with Crippen LogP contribution in [-0.2, 0) is 21.2 Å². The molecule has 3 aliphatic rings. The van der Waals surface area contributed by atoms with Crippen molar-refractivity contribution in [3.05, 3.63) is 34.9 Å². The Kier molecular flexibility index (Phi) is 4.13. The van der Waals surface area contributed by atoms with Crippen LogP contribution in [0.15, 0.2) is 29.3 Å². The molecule has 2 saturated heterocycles. The molecular formula is C16H17ClN2O3S2. The van der Waals surface area contributed by atoms with Crippen LogP contribution in [0.25, 0.3) is 0 Å². The fourth-order valence-electron chi connectivity index (χ4n) is 3.15. The predicted molar refractivity (Wildman–Crippen MR) is 96.0 cm³/mol. The summed E-state index contributed by atoms with van der Waals surface area (Å²) in [6.07, 6.45) is 1.82. The minimum absolute atomic E-state index is 0.0526. The van der Waals surface area contributed by atoms with Crippen LogP contribution in [0.3, 0.4) is 0 Å². The number of halogens is 1. The molecule has 0 radical (unpaired) electrons. The van der Waals surface area contributed by atoms with Gasteiger partial charge in [0.05, 0.1) is 17.5 Å². The number of carbonyl (C=O) groups is 1. The number of benzene rings is 1. The number of rotatable bonds is 3. The van der Waals surface area contributed by atoms with Gasteiger partial charge >= 0.3 is 0 Å². The lowest BCUT2D eigenvalue weighted by Gasteiger charge is -2.24. The molecule has 1 amide bonds. The topological polar surface area (TPSA) is 66.8 Å². The van der Waals surface area contributed by atoms with E-state index in [-0.39, 0.29) is 34.6 Å². The number of sulfone groups is 1. The van der Waals surface area contributed by atoms with Gasteiger partial charge in [0.1, 0.15) is 0 Å². The van der Waals surface area contributed by atoms with Crippen molar-refractivity contribution in [3.8, 4) is 0 Å². The van der Waals surface area contributed by atoms with E-state index in [4.69, 9.17) is 11.6 Å². The molecule has 1 saturated carbocycles. The lowest BCUT2D eigenvalue weighted by molar-refractivity contribution is -0.118. The molecule has 8 heteroatoms. The van der Waals surface area contributed by atoms with Crippen LogP contribution >= 0.6 is 23.4 Å². The SMILES string of the molecule is O=C(N=C1S[C@@H]2CS(=O)(=O)C[C@@H]2N1Cc1ccccc1Cl)C1CC1. The highest BCUT2D eigenvalue weighted by Crippen LogP contribution is 2.40. The van der Waals surface area contributed by atoms with Gasteiger partial charge in [-0.15, -0.1) is 0 Å². The molecule has 0 aromatic heterocycles. The minimum atomic E-state index is -3.03. The molecule has 2 aliphatic heterocycles. The summed E-state index contributed by atoms with van der Waals surface area (Å²) in [5.74, 6) is 0.248. The number of hydrogen-bond donors (Lipinski definition) is 0. The van der Waals surface area contributed by atoms with Crippen LogP contribution in [-0.4, -0.2) is 47.2 Å². The summed E-state index contributed by atoms with van der Waals surface area (Å²) in [7, 11) is -3.03. The van der Waals surface area contributed by atoms with Crippen molar-refractivity contribution in [3.63, 3.8) is 0 Å². The molecule has 128 valence electrons. The van der Waals surface area contributed by atoms with E-state index >= 15 is 0 Å². The average Bonchev–Trinajstić information content (AvgIpc) is 3.26. The molecule has 1 aromatic rings. The summed E-state index contributed by atoms with van der Waals surface area (Å²) >= 11 is 7.68. The molecule has 4 rings (SSSR count). The summed E-state index contributed by atoms with van der Waals surface area (Å²) in [4.78, 5) is 18.4. The van der Waals surface area contributed by atoms with Gasteiger partial charge in [0.25, 0.3) is 5.91 Å². The van der Waals surface area contributed by atoms with Crippen molar-refractivity contribution in [1.82, 2.24) is 4.90 Å². The van der Waals surface area contributed by atoms with Crippen LogP contribution in [0.1, 0.15) is 18.4 Å². The summed E-state index contributed by atoms with van der Waals surface area (Å²) in [6.45, 7) is 0.472. The third-order valence-electron chi connectivity index (χ3n) is 4.61. The molecule has 24 heavy (non-hydrogen) atoms. The van der Waals surface area contributed by atoms with E-state index < -0.39 is 9.84 Å². The normalized spacial score (nSPS) is 29.9. The first-order valence-electron chi connectivity index (χ1n) is 7.92. The molecule has 1 aliphatic carbocycles. The molecular weight excluding hydrogens is 368 g/mol. The fourth-order valence-corrected chi connectivity index (χ4v) is 7.30. The number of fused-ring (bicyclic) bond motifs is 1. The van der Waals surface area contributed by atoms with E-state index in [0.29, 0.717) is 16.7 Å². The van der Waals surface area contributed by atoms with Gasteiger partial charge in [-0.25, -0.2) is 8.42 Å². The Morgan fingerprint density at radius 1 is 1.29 bits per heavy atom. The fraction of sp³-hybridized carbons (Fsp3) is 0.500. The number of hydrogen-bond acceptors (Lipinski definition) is 4. The Hall–Kier alpha value is -1.05. The Bertz CT molecular complexity index is 820. The maximum atomic E-state index is 12.1. The number of thioether (sulfide) groups is 1. The highest BCUT2D eigenvalue weighted by Gasteiger charge is 2.49. The largest absolute Gasteiger partial charge is 0.342 e. The number of carbonyl (C=O) groups excluding carboxylic acids is 1. The maximum Gasteiger partial charge on any atom is 0.251 e. The van der Waals surface area contributed by atoms with Gasteiger partial charge in [-0.05, 0) is 24.5 Å². The average molecular weight is 385 g/mol. The van der Waals surface area contributed by atoms with Crippen LogP contribution in [0.5, 0.6) is 0 Å². The van der Waals surface area contributed by atoms with Crippen LogP contribution in [0, 0.1) is 5.92 Å². The second-order valence-electron chi connectivity index (χ2n) is 6.53. The highest BCUT2D eigenvalue weighted by atomic mass is 35.5. The third kappa shape index (κ3) is 3.21. The first kappa shape index (κ1) is 16.4. The Labute approximate surface area is 150 Å². The molecule has 0 spiro atoms. The second-order valence-corrected chi connectivity index (χ2v) is 10.3. The van der Waals surface area contributed by atoms with Crippen molar-refractivity contribution in [1.29, 1.82) is 0 Å². The lowest BCUT2D eigenvalue weighted by Crippen LogP contribution is -2.37. The molecule has 0 unspecified atom stereocenters. The van der Waals surface area contributed by atoms with E-state index in [1.165, 1.54) is 11.8 Å². The van der Waals surface area contributed by atoms with Crippen molar-refractivity contribution >= 4 is 44.3 Å². The van der Waals surface area contributed by atoms with E-state index in [9.17, 15) is 13.2 Å². The zero-order valence-corrected chi connectivity index (χ0v) is 15.3. The smallest absolute Gasteiger partial charge is 0.251 e. The number of amides is 1. The summed E-state index contributed by atoms with van der Waals surface area (Å²) < 4.78 is 24.0. The Morgan fingerprint density at radius 2 is 2.04 bits per heavy atom. The van der Waals surface area contributed by atoms with Gasteiger partial charge in [0.2, 0.25) is 0 Å². The first-order chi connectivity index (χ1) is 11.4. The third-order valence-corrected chi connectivity index (χ3v) is 8.22. The Balaban J connectivity index is 1.64. The number of amidine groups is 1. The zero-order valence-electron chi connectivity index (χ0n) is 12.9. The summed E-state index contributed by atoms with van der Waals surface area (Å²) in [6, 6.07) is 7.36. The van der Waals surface area contributed by atoms with Gasteiger partial charge in [0, 0.05) is 22.7 Å². The van der Waals surface area contributed by atoms with Gasteiger partial charge in [-0.1, -0.05) is 41.6 Å². The van der Waals surface area contributed by atoms with E-state index in [1.54, 1.807) is 0 Å². The quantitative estimate of drug-likeness (QED) is 0.800. The molecule has 5 nitrogen and oxygen atoms in total. The predicted octanol–water partition coefficient (Wildman–Crippen LogP) is 2.35. The molecule has 0 bridgehead atoms. The zero-order chi connectivity index (χ0) is 16.9. The van der Waals surface area contributed by atoms with E-state index in [1.807, 2.05) is 29.2 Å². The van der Waals surface area contributed by atoms with Gasteiger partial charge < -0.3 is 4.90 Å². The monoisotopic (exact) mass is 384 g/mol. The first-order valence-corrected chi connectivity index (χ1v) is 11.0. The van der Waals surface area contributed by atoms with Crippen molar-refractivity contribution in [2.75, 3.05) is 11.5 Å². The van der Waals surface area contributed by atoms with Crippen LogP contribution < -0.4 is 0 Å². The molecule has 1 aromatic carbocycles. The molecule has 3 fully saturated rings. The standard InChI is InChI=1S/C16H17ClN2O3S2/c17-12-4-2-1-3-11(12)7-19-13-8-24(21,22)9-14(13)23-16(19)18-15(20)10-5-6-10/h1-4,10,13-14H,5-9H2/t13-,14+/m0/s1. The number of nitrogens with zero attached hydrogens (tertiary/aromatic N) is 2. The van der Waals surface area contributed by atoms with Crippen molar-refractivity contribution in [2.45, 2.75) is 30.7 Å². The lowest BCUT2D eigenvalue weighted by atomic mass is 10.1. The van der Waals surface area contributed by atoms with E-state index in [2.05, 4.69) is 4.99 Å². The highest BCUT2D eigenvalue weighted by molar-refractivity contribution is 8.15. The molecule has 2 heterocycles. The van der Waals surface area contributed by atoms with Gasteiger partial charge in [-0.2, -0.15) is 4.99 Å². The van der Waals surface area contributed by atoms with Crippen LogP contribution in [0.4, 0.5) is 0 Å². The van der Waals surface area contributed by atoms with Gasteiger partial charge in [0.15, 0.2) is 15.0 Å². The number of aliphatic imine (C=N–C) groups is 1. The van der Waals surface area contributed by atoms with Gasteiger partial charge in [-0.3, -0.25) is 4.79 Å². The van der Waals surface area contributed by atoms with Crippen LogP contribution in [0.2, 0.25) is 5.02 Å². The summed E-state index contributed by atoms with van der Waals surface area (Å²) in [5, 5.41) is 1.24. The minimum Gasteiger partial charge on any atom is -0.342 e. The second kappa shape index (κ2) is 6.04. The van der Waals surface area contributed by atoms with Crippen molar-refractivity contribution < 1.29 is 13.2 Å². The summed E-state index contributed by atoms with van der Waals surface area (Å²) in [5.41, 5.74) is 0.913. The Morgan fingerprint density at radius 3 is 2.75 bits per heavy atom. The maximum absolute atomic E-state index is 12.1.